The van der Waals surface area contributed by atoms with E-state index in [0.717, 1.165) is 81.0 Å². The molecule has 3 aliphatic heterocycles. The summed E-state index contributed by atoms with van der Waals surface area (Å²) >= 11 is 0. The fraction of sp³-hybridized carbons (Fsp3) is 0.360. The lowest BCUT2D eigenvalue weighted by atomic mass is 9.93. The van der Waals surface area contributed by atoms with Gasteiger partial charge in [0.15, 0.2) is 0 Å². The van der Waals surface area contributed by atoms with Crippen molar-refractivity contribution in [3.63, 3.8) is 0 Å². The maximum Gasteiger partial charge on any atom is 0.293 e. The molecule has 0 amide bonds. The van der Waals surface area contributed by atoms with Gasteiger partial charge >= 0.3 is 0 Å². The van der Waals surface area contributed by atoms with Crippen LogP contribution < -0.4 is 9.80 Å². The number of pyridine rings is 2. The Labute approximate surface area is 199 Å². The van der Waals surface area contributed by atoms with Gasteiger partial charge in [-0.1, -0.05) is 6.07 Å². The van der Waals surface area contributed by atoms with Crippen LogP contribution in [-0.4, -0.2) is 79.1 Å². The van der Waals surface area contributed by atoms with Crippen molar-refractivity contribution in [3.05, 3.63) is 59.4 Å². The first-order chi connectivity index (χ1) is 16.7. The number of fused-ring (bicyclic) bond motifs is 4. The molecule has 0 saturated carbocycles. The number of hydrogen-bond donors (Lipinski definition) is 0. The summed E-state index contributed by atoms with van der Waals surface area (Å²) in [5.74, 6) is 1.03. The standard InChI is InChI=1S/C25H25BN7O/c27-14-18-3-5-22(20-2-1-7-28-25(18)20)32-9-8-31-15-21-19(23(31)16-32)4-6-24(29-21)30-10-12-33(13-11-30)26-17-34/h1-7,17,23H,8-13,15-16H2. The Balaban J connectivity index is 1.23. The Morgan fingerprint density at radius 1 is 1.03 bits per heavy atom. The van der Waals surface area contributed by atoms with E-state index in [1.807, 2.05) is 12.1 Å². The largest absolute Gasteiger partial charge is 0.368 e. The first kappa shape index (κ1) is 21.1. The van der Waals surface area contributed by atoms with E-state index < -0.39 is 0 Å². The molecule has 34 heavy (non-hydrogen) atoms. The number of piperazine rings is 2. The molecule has 0 spiro atoms. The molecule has 169 valence electrons. The number of anilines is 2. The predicted molar refractivity (Wildman–Crippen MR) is 132 cm³/mol. The maximum absolute atomic E-state index is 10.7. The molecule has 9 heteroatoms. The van der Waals surface area contributed by atoms with Crippen LogP contribution in [0.4, 0.5) is 11.5 Å². The van der Waals surface area contributed by atoms with E-state index in [0.29, 0.717) is 11.6 Å². The highest BCUT2D eigenvalue weighted by Crippen LogP contribution is 2.39. The molecule has 3 aromatic rings. The molecule has 5 heterocycles. The maximum atomic E-state index is 10.7. The van der Waals surface area contributed by atoms with Crippen LogP contribution in [0.5, 0.6) is 0 Å². The lowest BCUT2D eigenvalue weighted by molar-refractivity contribution is 0.194. The molecular weight excluding hydrogens is 425 g/mol. The first-order valence-electron chi connectivity index (χ1n) is 11.8. The average molecular weight is 450 g/mol. The minimum Gasteiger partial charge on any atom is -0.368 e. The van der Waals surface area contributed by atoms with E-state index >= 15 is 0 Å². The highest BCUT2D eigenvalue weighted by Gasteiger charge is 2.36. The van der Waals surface area contributed by atoms with Gasteiger partial charge in [0, 0.05) is 69.6 Å². The smallest absolute Gasteiger partial charge is 0.293 e. The van der Waals surface area contributed by atoms with Gasteiger partial charge in [0.05, 0.1) is 29.0 Å². The van der Waals surface area contributed by atoms with Crippen LogP contribution in [0.15, 0.2) is 42.6 Å². The summed E-state index contributed by atoms with van der Waals surface area (Å²) in [5.41, 5.74) is 5.03. The quantitative estimate of drug-likeness (QED) is 0.440. The molecule has 3 aliphatic rings. The molecule has 2 aromatic heterocycles. The number of aromatic nitrogens is 2. The molecule has 8 nitrogen and oxygen atoms in total. The van der Waals surface area contributed by atoms with Crippen LogP contribution in [0.2, 0.25) is 0 Å². The van der Waals surface area contributed by atoms with Crippen LogP contribution in [0.3, 0.4) is 0 Å². The summed E-state index contributed by atoms with van der Waals surface area (Å²) in [6, 6.07) is 15.0. The summed E-state index contributed by atoms with van der Waals surface area (Å²) in [6.45, 7) is 7.11. The molecule has 1 atom stereocenters. The minimum atomic E-state index is 0.312. The minimum absolute atomic E-state index is 0.312. The van der Waals surface area contributed by atoms with Crippen molar-refractivity contribution in [3.8, 4) is 6.07 Å². The highest BCUT2D eigenvalue weighted by atomic mass is 16.1. The normalized spacial score (nSPS) is 20.6. The Morgan fingerprint density at radius 3 is 2.71 bits per heavy atom. The molecule has 0 N–H and O–H groups in total. The van der Waals surface area contributed by atoms with Crippen LogP contribution >= 0.6 is 0 Å². The molecule has 0 aliphatic carbocycles. The van der Waals surface area contributed by atoms with E-state index in [-0.39, 0.29) is 0 Å². The van der Waals surface area contributed by atoms with E-state index in [4.69, 9.17) is 4.98 Å². The lowest BCUT2D eigenvalue weighted by Gasteiger charge is -2.39. The van der Waals surface area contributed by atoms with E-state index in [2.05, 4.69) is 54.8 Å². The lowest BCUT2D eigenvalue weighted by Crippen LogP contribution is -2.48. The summed E-state index contributed by atoms with van der Waals surface area (Å²) in [5, 5.41) is 10.5. The van der Waals surface area contributed by atoms with E-state index in [1.54, 1.807) is 13.6 Å². The Morgan fingerprint density at radius 2 is 1.88 bits per heavy atom. The zero-order valence-electron chi connectivity index (χ0n) is 19.0. The summed E-state index contributed by atoms with van der Waals surface area (Å²) in [4.78, 5) is 29.6. The number of rotatable bonds is 4. The van der Waals surface area contributed by atoms with Gasteiger partial charge in [0.25, 0.3) is 7.41 Å². The van der Waals surface area contributed by atoms with Gasteiger partial charge in [-0.05, 0) is 35.9 Å². The Bertz CT molecular complexity index is 1280. The van der Waals surface area contributed by atoms with Crippen molar-refractivity contribution >= 4 is 36.0 Å². The van der Waals surface area contributed by atoms with Gasteiger partial charge in [0.2, 0.25) is 0 Å². The number of benzene rings is 1. The van der Waals surface area contributed by atoms with Crippen molar-refractivity contribution in [2.24, 2.45) is 0 Å². The van der Waals surface area contributed by atoms with Gasteiger partial charge in [-0.2, -0.15) is 5.26 Å². The summed E-state index contributed by atoms with van der Waals surface area (Å²) in [7, 11) is 1.63. The zero-order valence-corrected chi connectivity index (χ0v) is 19.0. The van der Waals surface area contributed by atoms with Crippen LogP contribution in [-0.2, 0) is 11.3 Å². The second-order valence-electron chi connectivity index (χ2n) is 9.09. The van der Waals surface area contributed by atoms with E-state index in [1.165, 1.54) is 11.3 Å². The number of carbonyl (C=O) groups is 1. The van der Waals surface area contributed by atoms with Gasteiger partial charge in [-0.25, -0.2) is 4.98 Å². The molecule has 1 radical (unpaired) electrons. The average Bonchev–Trinajstić information content (AvgIpc) is 3.26. The van der Waals surface area contributed by atoms with Crippen LogP contribution in [0.1, 0.15) is 22.9 Å². The van der Waals surface area contributed by atoms with E-state index in [9.17, 15) is 10.1 Å². The number of carbonyl (C=O) groups excluding carboxylic acids is 1. The van der Waals surface area contributed by atoms with Crippen LogP contribution in [0.25, 0.3) is 10.9 Å². The second kappa shape index (κ2) is 8.71. The van der Waals surface area contributed by atoms with Crippen molar-refractivity contribution in [1.29, 1.82) is 5.26 Å². The zero-order chi connectivity index (χ0) is 23.1. The third-order valence-electron chi connectivity index (χ3n) is 7.32. The van der Waals surface area contributed by atoms with Crippen molar-refractivity contribution in [2.45, 2.75) is 12.6 Å². The molecule has 2 saturated heterocycles. The molecule has 6 rings (SSSR count). The summed E-state index contributed by atoms with van der Waals surface area (Å²) in [6.07, 6.45) is 2.61. The molecule has 2 fully saturated rings. The molecule has 0 bridgehead atoms. The third-order valence-corrected chi connectivity index (χ3v) is 7.32. The van der Waals surface area contributed by atoms with Gasteiger partial charge in [-0.15, -0.1) is 0 Å². The Hall–Kier alpha value is -3.48. The van der Waals surface area contributed by atoms with Gasteiger partial charge in [0.1, 0.15) is 11.9 Å². The monoisotopic (exact) mass is 450 g/mol. The molecule has 1 aromatic carbocycles. The number of nitrogens with zero attached hydrogens (tertiary/aromatic N) is 7. The van der Waals surface area contributed by atoms with Crippen LogP contribution in [0, 0.1) is 11.3 Å². The number of hydrogen-bond acceptors (Lipinski definition) is 8. The SMILES string of the molecule is N#Cc1ccc(N2CCN3Cc4nc(N5CCN([B]C=O)CC5)ccc4C3C2)c2cccnc12. The summed E-state index contributed by atoms with van der Waals surface area (Å²) < 4.78 is 0. The van der Waals surface area contributed by atoms with Gasteiger partial charge < -0.3 is 19.4 Å². The molecular formula is C25H25BN7O. The molecule has 1 unspecified atom stereocenters. The fourth-order valence-electron chi connectivity index (χ4n) is 5.53. The highest BCUT2D eigenvalue weighted by molar-refractivity contribution is 6.64. The third kappa shape index (κ3) is 3.60. The number of nitriles is 1. The van der Waals surface area contributed by atoms with Gasteiger partial charge in [-0.3, -0.25) is 9.88 Å². The topological polar surface area (TPSA) is 79.6 Å². The predicted octanol–water partition coefficient (Wildman–Crippen LogP) is 1.81. The van der Waals surface area contributed by atoms with Crippen molar-refractivity contribution in [2.75, 3.05) is 55.6 Å². The second-order valence-corrected chi connectivity index (χ2v) is 9.09. The first-order valence-corrected chi connectivity index (χ1v) is 11.8. The Kier molecular flexibility index (Phi) is 5.40. The van der Waals surface area contributed by atoms with Crippen molar-refractivity contribution < 1.29 is 4.79 Å². The fourth-order valence-corrected chi connectivity index (χ4v) is 5.53. The van der Waals surface area contributed by atoms with Crippen molar-refractivity contribution in [1.82, 2.24) is 19.7 Å².